The van der Waals surface area contributed by atoms with Crippen LogP contribution in [0, 0.1) is 0 Å². The summed E-state index contributed by atoms with van der Waals surface area (Å²) in [4.78, 5) is 19.4. The molecule has 0 N–H and O–H groups in total. The minimum Gasteiger partial charge on any atom is -0.353 e. The Morgan fingerprint density at radius 2 is 1.74 bits per heavy atom. The quantitative estimate of drug-likeness (QED) is 0.627. The molecule has 3 aromatic rings. The topological polar surface area (TPSA) is 39.7 Å². The van der Waals surface area contributed by atoms with Gasteiger partial charge in [-0.3, -0.25) is 9.69 Å². The second-order valence-corrected chi connectivity index (χ2v) is 9.80. The summed E-state index contributed by atoms with van der Waals surface area (Å²) in [5, 5.41) is 1.29. The third-order valence-electron chi connectivity index (χ3n) is 7.08. The lowest BCUT2D eigenvalue weighted by Crippen LogP contribution is -2.47. The standard InChI is InChI=1S/C25H28N4OS/c30-23-8-7-20-17-18(16-19-4-3-10-29(23)24(19)20)9-11-27-12-14-28(15-13-27)25-21-5-1-2-6-22(21)31-26-25/h1-2,5-6,16-17H,3-4,7-15H2. The SMILES string of the molecule is O=C1CCc2cc(CCN3CCN(c4nsc5ccccc45)CC3)cc3c2N1CCC3. The van der Waals surface area contributed by atoms with Gasteiger partial charge in [-0.1, -0.05) is 24.3 Å². The summed E-state index contributed by atoms with van der Waals surface area (Å²) in [6, 6.07) is 13.3. The average Bonchev–Trinajstić information content (AvgIpc) is 3.25. The first-order valence-corrected chi connectivity index (χ1v) is 12.3. The van der Waals surface area contributed by atoms with Gasteiger partial charge in [0, 0.05) is 51.1 Å². The molecule has 1 saturated heterocycles. The molecule has 160 valence electrons. The lowest BCUT2D eigenvalue weighted by molar-refractivity contribution is -0.119. The zero-order valence-electron chi connectivity index (χ0n) is 17.8. The molecule has 2 aromatic carbocycles. The summed E-state index contributed by atoms with van der Waals surface area (Å²) in [7, 11) is 0. The Morgan fingerprint density at radius 3 is 2.61 bits per heavy atom. The molecule has 0 saturated carbocycles. The third-order valence-corrected chi connectivity index (χ3v) is 7.90. The normalized spacial score (nSPS) is 19.2. The van der Waals surface area contributed by atoms with Crippen molar-refractivity contribution >= 4 is 39.0 Å². The van der Waals surface area contributed by atoms with Gasteiger partial charge in [0.1, 0.15) is 5.82 Å². The molecule has 1 fully saturated rings. The number of hydrogen-bond acceptors (Lipinski definition) is 5. The highest BCUT2D eigenvalue weighted by molar-refractivity contribution is 7.13. The maximum Gasteiger partial charge on any atom is 0.227 e. The van der Waals surface area contributed by atoms with Crippen molar-refractivity contribution in [2.24, 2.45) is 0 Å². The molecular weight excluding hydrogens is 404 g/mol. The van der Waals surface area contributed by atoms with E-state index in [0.29, 0.717) is 12.3 Å². The van der Waals surface area contributed by atoms with Crippen molar-refractivity contribution in [1.82, 2.24) is 9.27 Å². The molecule has 0 unspecified atom stereocenters. The van der Waals surface area contributed by atoms with E-state index in [1.165, 1.54) is 32.5 Å². The molecule has 0 radical (unpaired) electrons. The zero-order valence-corrected chi connectivity index (χ0v) is 18.7. The van der Waals surface area contributed by atoms with Crippen LogP contribution in [0.3, 0.4) is 0 Å². The van der Waals surface area contributed by atoms with Gasteiger partial charge in [-0.05, 0) is 66.0 Å². The maximum absolute atomic E-state index is 12.3. The van der Waals surface area contributed by atoms with E-state index in [-0.39, 0.29) is 0 Å². The first-order chi connectivity index (χ1) is 15.3. The van der Waals surface area contributed by atoms with Gasteiger partial charge in [0.2, 0.25) is 5.91 Å². The molecule has 3 aliphatic rings. The number of aromatic nitrogens is 1. The van der Waals surface area contributed by atoms with Crippen LogP contribution >= 0.6 is 11.5 Å². The van der Waals surface area contributed by atoms with E-state index in [1.807, 2.05) is 4.90 Å². The average molecular weight is 433 g/mol. The summed E-state index contributed by atoms with van der Waals surface area (Å²) in [6.45, 7) is 6.27. The van der Waals surface area contributed by atoms with Gasteiger partial charge >= 0.3 is 0 Å². The van der Waals surface area contributed by atoms with E-state index in [9.17, 15) is 4.79 Å². The van der Waals surface area contributed by atoms with Crippen LogP contribution in [0.1, 0.15) is 29.5 Å². The summed E-state index contributed by atoms with van der Waals surface area (Å²) >= 11 is 1.61. The van der Waals surface area contributed by atoms with Gasteiger partial charge in [-0.25, -0.2) is 0 Å². The first kappa shape index (κ1) is 19.3. The largest absolute Gasteiger partial charge is 0.353 e. The number of piperazine rings is 1. The Morgan fingerprint density at radius 1 is 0.935 bits per heavy atom. The number of aryl methyl sites for hydroxylation is 2. The summed E-state index contributed by atoms with van der Waals surface area (Å²) in [5.74, 6) is 1.47. The number of nitrogens with zero attached hydrogens (tertiary/aromatic N) is 4. The lowest BCUT2D eigenvalue weighted by Gasteiger charge is -2.36. The predicted octanol–water partition coefficient (Wildman–Crippen LogP) is 3.89. The molecule has 0 atom stereocenters. The number of amides is 1. The number of rotatable bonds is 4. The van der Waals surface area contributed by atoms with E-state index in [1.54, 1.807) is 11.5 Å². The van der Waals surface area contributed by atoms with Crippen molar-refractivity contribution in [2.45, 2.75) is 32.1 Å². The molecule has 5 nitrogen and oxygen atoms in total. The van der Waals surface area contributed by atoms with E-state index in [2.05, 4.69) is 46.2 Å². The zero-order chi connectivity index (χ0) is 20.8. The molecule has 1 amide bonds. The van der Waals surface area contributed by atoms with Gasteiger partial charge < -0.3 is 9.80 Å². The van der Waals surface area contributed by atoms with Crippen LogP contribution in [-0.4, -0.2) is 54.4 Å². The van der Waals surface area contributed by atoms with Crippen LogP contribution < -0.4 is 9.80 Å². The second-order valence-electron chi connectivity index (χ2n) is 8.99. The van der Waals surface area contributed by atoms with Crippen molar-refractivity contribution in [3.63, 3.8) is 0 Å². The summed E-state index contributed by atoms with van der Waals surface area (Å²) < 4.78 is 6.01. The number of carbonyl (C=O) groups is 1. The molecule has 0 aliphatic carbocycles. The van der Waals surface area contributed by atoms with Gasteiger partial charge in [-0.15, -0.1) is 0 Å². The molecule has 3 aliphatic heterocycles. The third kappa shape index (κ3) is 3.52. The Kier molecular flexibility index (Phi) is 4.92. The van der Waals surface area contributed by atoms with Gasteiger partial charge in [0.05, 0.1) is 10.4 Å². The van der Waals surface area contributed by atoms with Crippen LogP contribution in [-0.2, 0) is 24.1 Å². The van der Waals surface area contributed by atoms with Crippen LogP contribution in [0.4, 0.5) is 11.5 Å². The Labute approximate surface area is 187 Å². The highest BCUT2D eigenvalue weighted by Crippen LogP contribution is 2.37. The molecule has 0 bridgehead atoms. The fourth-order valence-corrected chi connectivity index (χ4v) is 6.24. The predicted molar refractivity (Wildman–Crippen MR) is 127 cm³/mol. The number of carbonyl (C=O) groups excluding carboxylic acids is 1. The van der Waals surface area contributed by atoms with E-state index < -0.39 is 0 Å². The number of fused-ring (bicyclic) bond motifs is 1. The van der Waals surface area contributed by atoms with E-state index in [0.717, 1.165) is 70.8 Å². The van der Waals surface area contributed by atoms with E-state index in [4.69, 9.17) is 4.37 Å². The van der Waals surface area contributed by atoms with Crippen LogP contribution in [0.15, 0.2) is 36.4 Å². The summed E-state index contributed by atoms with van der Waals surface area (Å²) in [5.41, 5.74) is 5.48. The number of anilines is 2. The van der Waals surface area contributed by atoms with Gasteiger partial charge in [0.25, 0.3) is 0 Å². The van der Waals surface area contributed by atoms with Crippen molar-refractivity contribution < 1.29 is 4.79 Å². The Balaban J connectivity index is 1.11. The molecule has 4 heterocycles. The van der Waals surface area contributed by atoms with Crippen molar-refractivity contribution in [1.29, 1.82) is 0 Å². The Hall–Kier alpha value is -2.44. The molecule has 31 heavy (non-hydrogen) atoms. The molecule has 1 aromatic heterocycles. The van der Waals surface area contributed by atoms with Gasteiger partial charge in [-0.2, -0.15) is 4.37 Å². The minimum absolute atomic E-state index is 0.312. The first-order valence-electron chi connectivity index (χ1n) is 11.5. The van der Waals surface area contributed by atoms with Crippen LogP contribution in [0.2, 0.25) is 0 Å². The minimum atomic E-state index is 0.312. The fourth-order valence-electron chi connectivity index (χ4n) is 5.44. The molecular formula is C25H28N4OS. The van der Waals surface area contributed by atoms with Crippen molar-refractivity contribution in [3.8, 4) is 0 Å². The second kappa shape index (κ2) is 7.92. The fraction of sp³-hybridized carbons (Fsp3) is 0.440. The van der Waals surface area contributed by atoms with Crippen LogP contribution in [0.25, 0.3) is 10.1 Å². The molecule has 6 heteroatoms. The highest BCUT2D eigenvalue weighted by atomic mass is 32.1. The number of benzene rings is 2. The molecule has 0 spiro atoms. The van der Waals surface area contributed by atoms with Gasteiger partial charge in [0.15, 0.2) is 0 Å². The van der Waals surface area contributed by atoms with E-state index >= 15 is 0 Å². The Bertz CT molecular complexity index is 1110. The highest BCUT2D eigenvalue weighted by Gasteiger charge is 2.29. The summed E-state index contributed by atoms with van der Waals surface area (Å²) in [6.07, 6.45) is 4.87. The lowest BCUT2D eigenvalue weighted by atomic mass is 9.89. The maximum atomic E-state index is 12.3. The van der Waals surface area contributed by atoms with Crippen molar-refractivity contribution in [2.75, 3.05) is 49.1 Å². The van der Waals surface area contributed by atoms with Crippen molar-refractivity contribution in [3.05, 3.63) is 53.1 Å². The number of hydrogen-bond donors (Lipinski definition) is 0. The monoisotopic (exact) mass is 432 g/mol. The smallest absolute Gasteiger partial charge is 0.227 e. The van der Waals surface area contributed by atoms with Crippen LogP contribution in [0.5, 0.6) is 0 Å². The molecule has 6 rings (SSSR count).